The van der Waals surface area contributed by atoms with Crippen molar-refractivity contribution >= 4 is 5.91 Å². The maximum atomic E-state index is 12.6. The highest BCUT2D eigenvalue weighted by molar-refractivity contribution is 5.80. The van der Waals surface area contributed by atoms with Crippen LogP contribution >= 0.6 is 0 Å². The SMILES string of the molecule is COc1cc2c(cc1CNC(=O)[C@@H](C)n1ccnc1C(C)C)CCC2. The molecule has 1 aromatic carbocycles. The molecule has 5 nitrogen and oxygen atoms in total. The van der Waals surface area contributed by atoms with Crippen molar-refractivity contribution in [2.75, 3.05) is 7.11 Å². The molecule has 1 aliphatic carbocycles. The maximum absolute atomic E-state index is 12.6. The molecule has 0 fully saturated rings. The first-order chi connectivity index (χ1) is 12.0. The quantitative estimate of drug-likeness (QED) is 0.876. The molecule has 134 valence electrons. The summed E-state index contributed by atoms with van der Waals surface area (Å²) in [5.41, 5.74) is 3.80. The first kappa shape index (κ1) is 17.5. The molecule has 25 heavy (non-hydrogen) atoms. The van der Waals surface area contributed by atoms with Crippen molar-refractivity contribution in [3.63, 3.8) is 0 Å². The molecular weight excluding hydrogens is 314 g/mol. The van der Waals surface area contributed by atoms with Crippen LogP contribution in [-0.4, -0.2) is 22.6 Å². The predicted molar refractivity (Wildman–Crippen MR) is 97.9 cm³/mol. The fourth-order valence-corrected chi connectivity index (χ4v) is 3.54. The third kappa shape index (κ3) is 3.55. The third-order valence-electron chi connectivity index (χ3n) is 4.96. The molecule has 0 saturated carbocycles. The molecule has 1 aromatic heterocycles. The number of carbonyl (C=O) groups excluding carboxylic acids is 1. The molecule has 1 atom stereocenters. The van der Waals surface area contributed by atoms with Gasteiger partial charge in [-0.1, -0.05) is 19.9 Å². The van der Waals surface area contributed by atoms with Gasteiger partial charge in [0, 0.05) is 30.4 Å². The number of ether oxygens (including phenoxy) is 1. The van der Waals surface area contributed by atoms with Gasteiger partial charge in [0.15, 0.2) is 0 Å². The summed E-state index contributed by atoms with van der Waals surface area (Å²) >= 11 is 0. The second kappa shape index (κ2) is 7.30. The van der Waals surface area contributed by atoms with Crippen molar-refractivity contribution in [3.8, 4) is 5.75 Å². The highest BCUT2D eigenvalue weighted by Crippen LogP contribution is 2.30. The van der Waals surface area contributed by atoms with Crippen LogP contribution in [0.15, 0.2) is 24.5 Å². The number of rotatable bonds is 6. The molecule has 1 aliphatic rings. The summed E-state index contributed by atoms with van der Waals surface area (Å²) in [7, 11) is 1.69. The summed E-state index contributed by atoms with van der Waals surface area (Å²) in [6.07, 6.45) is 7.06. The number of hydrogen-bond donors (Lipinski definition) is 1. The Hall–Kier alpha value is -2.30. The lowest BCUT2D eigenvalue weighted by atomic mass is 10.0. The lowest BCUT2D eigenvalue weighted by molar-refractivity contribution is -0.124. The van der Waals surface area contributed by atoms with E-state index < -0.39 is 0 Å². The molecular formula is C20H27N3O2. The Morgan fingerprint density at radius 2 is 2.00 bits per heavy atom. The van der Waals surface area contributed by atoms with Gasteiger partial charge in [-0.15, -0.1) is 0 Å². The highest BCUT2D eigenvalue weighted by atomic mass is 16.5. The van der Waals surface area contributed by atoms with Crippen LogP contribution in [0.3, 0.4) is 0 Å². The van der Waals surface area contributed by atoms with E-state index in [-0.39, 0.29) is 17.9 Å². The fraction of sp³-hybridized carbons (Fsp3) is 0.500. The lowest BCUT2D eigenvalue weighted by Gasteiger charge is -2.18. The van der Waals surface area contributed by atoms with Crippen LogP contribution in [0.5, 0.6) is 5.75 Å². The fourth-order valence-electron chi connectivity index (χ4n) is 3.54. The topological polar surface area (TPSA) is 56.1 Å². The average Bonchev–Trinajstić information content (AvgIpc) is 3.26. The van der Waals surface area contributed by atoms with Crippen LogP contribution in [0.25, 0.3) is 0 Å². The number of imidazole rings is 1. The first-order valence-electron chi connectivity index (χ1n) is 9.00. The zero-order valence-electron chi connectivity index (χ0n) is 15.5. The van der Waals surface area contributed by atoms with Crippen LogP contribution in [-0.2, 0) is 24.2 Å². The standard InChI is InChI=1S/C20H27N3O2/c1-13(2)19-21-8-9-23(19)14(3)20(24)22-12-17-10-15-6-5-7-16(15)11-18(17)25-4/h8-11,13-14H,5-7,12H2,1-4H3,(H,22,24)/t14-/m1/s1. The second-order valence-electron chi connectivity index (χ2n) is 7.03. The van der Waals surface area contributed by atoms with Crippen LogP contribution in [0.1, 0.15) is 61.7 Å². The molecule has 2 aromatic rings. The molecule has 1 amide bonds. The van der Waals surface area contributed by atoms with Gasteiger partial charge in [0.2, 0.25) is 5.91 Å². The minimum atomic E-state index is -0.291. The Kier molecular flexibility index (Phi) is 5.11. The van der Waals surface area contributed by atoms with Gasteiger partial charge in [-0.3, -0.25) is 4.79 Å². The van der Waals surface area contributed by atoms with Gasteiger partial charge in [-0.25, -0.2) is 4.98 Å². The van der Waals surface area contributed by atoms with Gasteiger partial charge in [0.05, 0.1) is 7.11 Å². The van der Waals surface area contributed by atoms with Gasteiger partial charge in [-0.2, -0.15) is 0 Å². The minimum absolute atomic E-state index is 0.0116. The van der Waals surface area contributed by atoms with Crippen molar-refractivity contribution < 1.29 is 9.53 Å². The van der Waals surface area contributed by atoms with Crippen molar-refractivity contribution in [2.24, 2.45) is 0 Å². The number of fused-ring (bicyclic) bond motifs is 1. The van der Waals surface area contributed by atoms with Crippen LogP contribution < -0.4 is 10.1 Å². The zero-order chi connectivity index (χ0) is 18.0. The number of benzene rings is 1. The summed E-state index contributed by atoms with van der Waals surface area (Å²) in [6.45, 7) is 6.55. The van der Waals surface area contributed by atoms with E-state index in [4.69, 9.17) is 4.74 Å². The Labute approximate surface area is 149 Å². The number of nitrogens with one attached hydrogen (secondary N) is 1. The number of amides is 1. The smallest absolute Gasteiger partial charge is 0.243 e. The van der Waals surface area contributed by atoms with E-state index in [1.165, 1.54) is 17.5 Å². The molecule has 0 bridgehead atoms. The van der Waals surface area contributed by atoms with Crippen molar-refractivity contribution in [1.82, 2.24) is 14.9 Å². The van der Waals surface area contributed by atoms with Gasteiger partial charge in [0.1, 0.15) is 17.6 Å². The molecule has 0 radical (unpaired) electrons. The number of methoxy groups -OCH3 is 1. The summed E-state index contributed by atoms with van der Waals surface area (Å²) in [6, 6.07) is 4.02. The zero-order valence-corrected chi connectivity index (χ0v) is 15.5. The first-order valence-corrected chi connectivity index (χ1v) is 9.00. The summed E-state index contributed by atoms with van der Waals surface area (Å²) < 4.78 is 7.46. The van der Waals surface area contributed by atoms with Gasteiger partial charge in [0.25, 0.3) is 0 Å². The number of aryl methyl sites for hydroxylation is 2. The van der Waals surface area contributed by atoms with E-state index in [0.717, 1.165) is 30.0 Å². The third-order valence-corrected chi connectivity index (χ3v) is 4.96. The van der Waals surface area contributed by atoms with Crippen molar-refractivity contribution in [1.29, 1.82) is 0 Å². The molecule has 0 unspecified atom stereocenters. The number of carbonyl (C=O) groups is 1. The van der Waals surface area contributed by atoms with Gasteiger partial charge >= 0.3 is 0 Å². The molecule has 1 heterocycles. The van der Waals surface area contributed by atoms with E-state index in [0.29, 0.717) is 6.54 Å². The lowest BCUT2D eigenvalue weighted by Crippen LogP contribution is -2.31. The van der Waals surface area contributed by atoms with Gasteiger partial charge in [-0.05, 0) is 43.4 Å². The Morgan fingerprint density at radius 1 is 1.28 bits per heavy atom. The highest BCUT2D eigenvalue weighted by Gasteiger charge is 2.20. The molecule has 5 heteroatoms. The largest absolute Gasteiger partial charge is 0.496 e. The molecule has 3 rings (SSSR count). The predicted octanol–water partition coefficient (Wildman–Crippen LogP) is 3.38. The summed E-state index contributed by atoms with van der Waals surface area (Å²) in [4.78, 5) is 17.0. The Balaban J connectivity index is 1.71. The van der Waals surface area contributed by atoms with E-state index in [1.54, 1.807) is 13.3 Å². The monoisotopic (exact) mass is 341 g/mol. The molecule has 1 N–H and O–H groups in total. The second-order valence-corrected chi connectivity index (χ2v) is 7.03. The van der Waals surface area contributed by atoms with E-state index in [2.05, 4.69) is 36.3 Å². The van der Waals surface area contributed by atoms with Crippen molar-refractivity contribution in [2.45, 2.75) is 58.5 Å². The molecule has 0 spiro atoms. The Morgan fingerprint density at radius 3 is 2.68 bits per heavy atom. The number of aromatic nitrogens is 2. The maximum Gasteiger partial charge on any atom is 0.243 e. The van der Waals surface area contributed by atoms with Crippen LogP contribution in [0.4, 0.5) is 0 Å². The van der Waals surface area contributed by atoms with E-state index >= 15 is 0 Å². The van der Waals surface area contributed by atoms with Gasteiger partial charge < -0.3 is 14.6 Å². The average molecular weight is 341 g/mol. The number of hydrogen-bond acceptors (Lipinski definition) is 3. The minimum Gasteiger partial charge on any atom is -0.496 e. The van der Waals surface area contributed by atoms with Crippen molar-refractivity contribution in [3.05, 3.63) is 47.0 Å². The van der Waals surface area contributed by atoms with E-state index in [1.807, 2.05) is 17.7 Å². The number of nitrogens with zero attached hydrogens (tertiary/aromatic N) is 2. The molecule has 0 saturated heterocycles. The Bertz CT molecular complexity index is 764. The molecule has 0 aliphatic heterocycles. The summed E-state index contributed by atoms with van der Waals surface area (Å²) in [5.74, 6) is 2.06. The van der Waals surface area contributed by atoms with Crippen LogP contribution in [0.2, 0.25) is 0 Å². The summed E-state index contributed by atoms with van der Waals surface area (Å²) in [5, 5.41) is 3.05. The normalized spacial score (nSPS) is 14.4. The van der Waals surface area contributed by atoms with Crippen LogP contribution in [0, 0.1) is 0 Å². The van der Waals surface area contributed by atoms with E-state index in [9.17, 15) is 4.79 Å².